The minimum Gasteiger partial charge on any atom is -0.338 e. The van der Waals surface area contributed by atoms with Gasteiger partial charge in [-0.2, -0.15) is 11.3 Å². The number of rotatable bonds is 7. The van der Waals surface area contributed by atoms with Gasteiger partial charge < -0.3 is 10.6 Å². The van der Waals surface area contributed by atoms with Gasteiger partial charge in [-0.15, -0.1) is 5.10 Å². The van der Waals surface area contributed by atoms with E-state index in [9.17, 15) is 4.79 Å². The normalized spacial score (nSPS) is 10.5. The number of aryl methyl sites for hydroxylation is 1. The van der Waals surface area contributed by atoms with E-state index in [0.717, 1.165) is 24.2 Å². The molecule has 3 aromatic rings. The molecule has 2 heterocycles. The first-order valence-corrected chi connectivity index (χ1v) is 8.75. The summed E-state index contributed by atoms with van der Waals surface area (Å²) in [6.07, 6.45) is 3.68. The van der Waals surface area contributed by atoms with Crippen LogP contribution in [0.4, 0.5) is 4.79 Å². The molecule has 0 spiro atoms. The molecular weight excluding hydrogens is 322 g/mol. The largest absolute Gasteiger partial charge is 0.338 e. The molecule has 0 bridgehead atoms. The van der Waals surface area contributed by atoms with Gasteiger partial charge in [0.05, 0.1) is 18.4 Å². The number of nitrogens with one attached hydrogen (secondary N) is 2. The fourth-order valence-corrected chi connectivity index (χ4v) is 2.89. The average Bonchev–Trinajstić information content (AvgIpc) is 3.29. The van der Waals surface area contributed by atoms with Gasteiger partial charge in [0.15, 0.2) is 0 Å². The minimum atomic E-state index is -0.187. The Morgan fingerprint density at radius 3 is 2.83 bits per heavy atom. The fourth-order valence-electron chi connectivity index (χ4n) is 2.27. The third-order valence-corrected chi connectivity index (χ3v) is 4.18. The Balaban J connectivity index is 1.35. The Morgan fingerprint density at radius 2 is 2.04 bits per heavy atom. The lowest BCUT2D eigenvalue weighted by Gasteiger charge is -2.06. The van der Waals surface area contributed by atoms with E-state index in [1.165, 1.54) is 5.56 Å². The third kappa shape index (κ3) is 4.66. The second-order valence-electron chi connectivity index (χ2n) is 5.33. The number of hydrogen-bond donors (Lipinski definition) is 2. The van der Waals surface area contributed by atoms with Gasteiger partial charge in [0.25, 0.3) is 0 Å². The number of urea groups is 1. The standard InChI is InChI=1S/C17H19N5OS/c23-17(18-9-4-7-14-5-2-1-3-6-14)19-11-15-12-22(21-20-15)16-8-10-24-13-16/h1-3,5-6,8,10,12-13H,4,7,9,11H2,(H2,18,19,23). The molecule has 24 heavy (non-hydrogen) atoms. The van der Waals surface area contributed by atoms with Gasteiger partial charge in [-0.1, -0.05) is 35.5 Å². The van der Waals surface area contributed by atoms with Gasteiger partial charge >= 0.3 is 6.03 Å². The van der Waals surface area contributed by atoms with E-state index in [0.29, 0.717) is 13.1 Å². The highest BCUT2D eigenvalue weighted by molar-refractivity contribution is 7.08. The van der Waals surface area contributed by atoms with E-state index in [1.54, 1.807) is 16.0 Å². The molecule has 2 N–H and O–H groups in total. The third-order valence-electron chi connectivity index (χ3n) is 3.51. The maximum absolute atomic E-state index is 11.8. The highest BCUT2D eigenvalue weighted by Gasteiger charge is 2.05. The lowest BCUT2D eigenvalue weighted by Crippen LogP contribution is -2.35. The van der Waals surface area contributed by atoms with E-state index in [4.69, 9.17) is 0 Å². The van der Waals surface area contributed by atoms with Crippen LogP contribution in [-0.2, 0) is 13.0 Å². The van der Waals surface area contributed by atoms with Crippen LogP contribution in [0.2, 0.25) is 0 Å². The van der Waals surface area contributed by atoms with Crippen molar-refractivity contribution in [2.45, 2.75) is 19.4 Å². The molecule has 2 amide bonds. The number of nitrogens with zero attached hydrogens (tertiary/aromatic N) is 3. The maximum atomic E-state index is 11.8. The Labute approximate surface area is 144 Å². The maximum Gasteiger partial charge on any atom is 0.315 e. The molecule has 0 aliphatic carbocycles. The van der Waals surface area contributed by atoms with Crippen molar-refractivity contribution < 1.29 is 4.79 Å². The van der Waals surface area contributed by atoms with E-state index >= 15 is 0 Å². The first-order valence-electron chi connectivity index (χ1n) is 7.81. The summed E-state index contributed by atoms with van der Waals surface area (Å²) in [6.45, 7) is 0.997. The molecule has 0 atom stereocenters. The molecule has 1 aromatic carbocycles. The summed E-state index contributed by atoms with van der Waals surface area (Å²) in [5, 5.41) is 17.7. The van der Waals surface area contributed by atoms with Crippen LogP contribution in [0.15, 0.2) is 53.4 Å². The second-order valence-corrected chi connectivity index (χ2v) is 6.11. The highest BCUT2D eigenvalue weighted by Crippen LogP contribution is 2.10. The Bertz CT molecular complexity index is 754. The van der Waals surface area contributed by atoms with Crippen molar-refractivity contribution in [2.24, 2.45) is 0 Å². The summed E-state index contributed by atoms with van der Waals surface area (Å²) in [5.41, 5.74) is 2.98. The zero-order chi connectivity index (χ0) is 16.6. The molecule has 0 saturated heterocycles. The van der Waals surface area contributed by atoms with E-state index < -0.39 is 0 Å². The Morgan fingerprint density at radius 1 is 1.17 bits per heavy atom. The first-order chi connectivity index (χ1) is 11.8. The van der Waals surface area contributed by atoms with E-state index in [-0.39, 0.29) is 6.03 Å². The molecule has 0 fully saturated rings. The van der Waals surface area contributed by atoms with Crippen molar-refractivity contribution in [3.63, 3.8) is 0 Å². The fraction of sp³-hybridized carbons (Fsp3) is 0.235. The van der Waals surface area contributed by atoms with Crippen LogP contribution in [-0.4, -0.2) is 27.6 Å². The number of thiophene rings is 1. The number of hydrogen-bond acceptors (Lipinski definition) is 4. The molecule has 124 valence electrons. The van der Waals surface area contributed by atoms with Gasteiger partial charge in [0.1, 0.15) is 5.69 Å². The smallest absolute Gasteiger partial charge is 0.315 e. The SMILES string of the molecule is O=C(NCCCc1ccccc1)NCc1cn(-c2ccsc2)nn1. The number of amides is 2. The monoisotopic (exact) mass is 341 g/mol. The zero-order valence-corrected chi connectivity index (χ0v) is 14.0. The Hall–Kier alpha value is -2.67. The number of aromatic nitrogens is 3. The summed E-state index contributed by atoms with van der Waals surface area (Å²) < 4.78 is 1.70. The molecule has 0 unspecified atom stereocenters. The van der Waals surface area contributed by atoms with Crippen LogP contribution in [0.25, 0.3) is 5.69 Å². The van der Waals surface area contributed by atoms with Crippen LogP contribution in [0.3, 0.4) is 0 Å². The Kier molecular flexibility index (Phi) is 5.57. The summed E-state index contributed by atoms with van der Waals surface area (Å²) in [5.74, 6) is 0. The van der Waals surface area contributed by atoms with E-state index in [2.05, 4.69) is 33.1 Å². The van der Waals surface area contributed by atoms with Crippen LogP contribution in [0.1, 0.15) is 17.7 Å². The van der Waals surface area contributed by atoms with Crippen LogP contribution >= 0.6 is 11.3 Å². The summed E-state index contributed by atoms with van der Waals surface area (Å²) >= 11 is 1.60. The van der Waals surface area contributed by atoms with Crippen LogP contribution in [0, 0.1) is 0 Å². The predicted octanol–water partition coefficient (Wildman–Crippen LogP) is 2.76. The van der Waals surface area contributed by atoms with Crippen molar-refractivity contribution in [3.8, 4) is 5.69 Å². The second kappa shape index (κ2) is 8.26. The van der Waals surface area contributed by atoms with Gasteiger partial charge in [-0.3, -0.25) is 0 Å². The number of carbonyl (C=O) groups is 1. The molecular formula is C17H19N5OS. The highest BCUT2D eigenvalue weighted by atomic mass is 32.1. The van der Waals surface area contributed by atoms with Crippen molar-refractivity contribution in [1.82, 2.24) is 25.6 Å². The molecule has 0 saturated carbocycles. The molecule has 2 aromatic heterocycles. The van der Waals surface area contributed by atoms with Gasteiger partial charge in [0, 0.05) is 11.9 Å². The quantitative estimate of drug-likeness (QED) is 0.649. The average molecular weight is 341 g/mol. The lowest BCUT2D eigenvalue weighted by molar-refractivity contribution is 0.240. The van der Waals surface area contributed by atoms with Crippen molar-refractivity contribution in [2.75, 3.05) is 6.54 Å². The summed E-state index contributed by atoms with van der Waals surface area (Å²) in [6, 6.07) is 12.0. The molecule has 0 aliphatic heterocycles. The lowest BCUT2D eigenvalue weighted by atomic mass is 10.1. The van der Waals surface area contributed by atoms with Gasteiger partial charge in [0.2, 0.25) is 0 Å². The van der Waals surface area contributed by atoms with Gasteiger partial charge in [-0.25, -0.2) is 9.48 Å². The number of benzene rings is 1. The topological polar surface area (TPSA) is 71.8 Å². The van der Waals surface area contributed by atoms with Crippen LogP contribution < -0.4 is 10.6 Å². The molecule has 0 aliphatic rings. The number of carbonyl (C=O) groups excluding carboxylic acids is 1. The first kappa shape index (κ1) is 16.2. The minimum absolute atomic E-state index is 0.187. The van der Waals surface area contributed by atoms with Gasteiger partial charge in [-0.05, 0) is 29.9 Å². The summed E-state index contributed by atoms with van der Waals surface area (Å²) in [7, 11) is 0. The molecule has 0 radical (unpaired) electrons. The van der Waals surface area contributed by atoms with Crippen LogP contribution in [0.5, 0.6) is 0 Å². The predicted molar refractivity (Wildman–Crippen MR) is 94.2 cm³/mol. The molecule has 6 nitrogen and oxygen atoms in total. The van der Waals surface area contributed by atoms with Crippen molar-refractivity contribution >= 4 is 17.4 Å². The van der Waals surface area contributed by atoms with Crippen molar-refractivity contribution in [1.29, 1.82) is 0 Å². The van der Waals surface area contributed by atoms with Crippen molar-refractivity contribution in [3.05, 3.63) is 64.6 Å². The molecule has 7 heteroatoms. The zero-order valence-electron chi connectivity index (χ0n) is 13.2. The van der Waals surface area contributed by atoms with E-state index in [1.807, 2.05) is 41.2 Å². The summed E-state index contributed by atoms with van der Waals surface area (Å²) in [4.78, 5) is 11.8. The molecule has 3 rings (SSSR count).